The van der Waals surface area contributed by atoms with Gasteiger partial charge in [-0.1, -0.05) is 12.1 Å². The van der Waals surface area contributed by atoms with Crippen LogP contribution in [0.2, 0.25) is 0 Å². The van der Waals surface area contributed by atoms with Gasteiger partial charge in [0.25, 0.3) is 0 Å². The lowest BCUT2D eigenvalue weighted by Crippen LogP contribution is -2.56. The standard InChI is InChI=1S/C11H12BrFN4O2S/c12-16-10-15-11(7-1-3-8(13)4-2-7)6-14-5-9(11)20(18,19)17-10/h1-4,9,14H,5-6H2,(H2,15,16,17). The van der Waals surface area contributed by atoms with Gasteiger partial charge in [0.05, 0.1) is 0 Å². The number of hydrogen-bond donors (Lipinski definition) is 3. The first kappa shape index (κ1) is 13.8. The fraction of sp³-hybridized carbons (Fsp3) is 0.364. The Morgan fingerprint density at radius 1 is 1.40 bits per heavy atom. The van der Waals surface area contributed by atoms with E-state index in [-0.39, 0.29) is 11.8 Å². The van der Waals surface area contributed by atoms with Gasteiger partial charge in [-0.15, -0.1) is 0 Å². The lowest BCUT2D eigenvalue weighted by atomic mass is 9.89. The molecule has 0 radical (unpaired) electrons. The Hall–Kier alpha value is -1.19. The third-order valence-electron chi connectivity index (χ3n) is 3.62. The van der Waals surface area contributed by atoms with Crippen molar-refractivity contribution >= 4 is 32.1 Å². The quantitative estimate of drug-likeness (QED) is 0.622. The van der Waals surface area contributed by atoms with Crippen molar-refractivity contribution < 1.29 is 12.8 Å². The molecule has 2 aliphatic heterocycles. The van der Waals surface area contributed by atoms with Crippen LogP contribution in [0.15, 0.2) is 29.3 Å². The molecule has 0 aliphatic carbocycles. The summed E-state index contributed by atoms with van der Waals surface area (Å²) in [6, 6.07) is 5.77. The zero-order valence-corrected chi connectivity index (χ0v) is 12.6. The molecule has 3 rings (SSSR count). The van der Waals surface area contributed by atoms with Crippen LogP contribution in [-0.4, -0.2) is 32.7 Å². The molecule has 20 heavy (non-hydrogen) atoms. The van der Waals surface area contributed by atoms with Crippen molar-refractivity contribution in [2.45, 2.75) is 10.8 Å². The highest BCUT2D eigenvalue weighted by molar-refractivity contribution is 9.08. The Kier molecular flexibility index (Phi) is 3.22. The number of fused-ring (bicyclic) bond motifs is 1. The van der Waals surface area contributed by atoms with E-state index < -0.39 is 20.8 Å². The van der Waals surface area contributed by atoms with Crippen LogP contribution in [-0.2, 0) is 15.6 Å². The highest BCUT2D eigenvalue weighted by Crippen LogP contribution is 2.38. The highest BCUT2D eigenvalue weighted by Gasteiger charge is 2.54. The monoisotopic (exact) mass is 362 g/mol. The van der Waals surface area contributed by atoms with Crippen molar-refractivity contribution in [3.05, 3.63) is 35.6 Å². The van der Waals surface area contributed by atoms with E-state index in [1.54, 1.807) is 12.1 Å². The number of aliphatic imine (C=N–C) groups is 1. The van der Waals surface area contributed by atoms with Gasteiger partial charge in [0, 0.05) is 29.2 Å². The SMILES string of the molecule is O=S1(=O)NC(NBr)=NC2(c3ccc(F)cc3)CNCC21. The van der Waals surface area contributed by atoms with Crippen molar-refractivity contribution in [3.63, 3.8) is 0 Å². The van der Waals surface area contributed by atoms with Gasteiger partial charge in [-0.3, -0.25) is 9.06 Å². The van der Waals surface area contributed by atoms with Crippen LogP contribution in [0.1, 0.15) is 5.56 Å². The van der Waals surface area contributed by atoms with E-state index in [9.17, 15) is 12.8 Å². The molecular weight excluding hydrogens is 351 g/mol. The first-order valence-corrected chi connectivity index (χ1v) is 8.27. The lowest BCUT2D eigenvalue weighted by molar-refractivity contribution is 0.466. The minimum atomic E-state index is -3.57. The largest absolute Gasteiger partial charge is 0.312 e. The van der Waals surface area contributed by atoms with E-state index >= 15 is 0 Å². The maximum Gasteiger partial charge on any atom is 0.241 e. The summed E-state index contributed by atoms with van der Waals surface area (Å²) < 4.78 is 42.6. The lowest BCUT2D eigenvalue weighted by Gasteiger charge is -2.35. The summed E-state index contributed by atoms with van der Waals surface area (Å²) in [5, 5.41) is 2.32. The Morgan fingerprint density at radius 3 is 2.75 bits per heavy atom. The molecule has 2 heterocycles. The highest BCUT2D eigenvalue weighted by atomic mass is 79.9. The molecule has 0 aromatic heterocycles. The fourth-order valence-corrected chi connectivity index (χ4v) is 4.66. The fourth-order valence-electron chi connectivity index (χ4n) is 2.71. The second-order valence-corrected chi connectivity index (χ2v) is 7.01. The van der Waals surface area contributed by atoms with Gasteiger partial charge < -0.3 is 5.32 Å². The summed E-state index contributed by atoms with van der Waals surface area (Å²) in [6.07, 6.45) is 0. The van der Waals surface area contributed by atoms with Gasteiger partial charge in [0.1, 0.15) is 16.6 Å². The molecule has 2 aliphatic rings. The Morgan fingerprint density at radius 2 is 2.10 bits per heavy atom. The van der Waals surface area contributed by atoms with Crippen molar-refractivity contribution in [3.8, 4) is 0 Å². The van der Waals surface area contributed by atoms with E-state index in [2.05, 4.69) is 35.5 Å². The average Bonchev–Trinajstić information content (AvgIpc) is 2.84. The summed E-state index contributed by atoms with van der Waals surface area (Å²) in [5.41, 5.74) is -0.285. The van der Waals surface area contributed by atoms with Crippen molar-refractivity contribution in [1.82, 2.24) is 14.4 Å². The van der Waals surface area contributed by atoms with E-state index in [1.165, 1.54) is 12.1 Å². The van der Waals surface area contributed by atoms with Crippen LogP contribution in [0.4, 0.5) is 4.39 Å². The van der Waals surface area contributed by atoms with Crippen LogP contribution >= 0.6 is 16.1 Å². The molecule has 0 spiro atoms. The first-order chi connectivity index (χ1) is 9.48. The van der Waals surface area contributed by atoms with Gasteiger partial charge in [0.2, 0.25) is 16.0 Å². The van der Waals surface area contributed by atoms with Gasteiger partial charge >= 0.3 is 0 Å². The van der Waals surface area contributed by atoms with Crippen LogP contribution < -0.4 is 14.4 Å². The molecule has 0 saturated carbocycles. The number of nitrogens with zero attached hydrogens (tertiary/aromatic N) is 1. The van der Waals surface area contributed by atoms with Crippen LogP contribution in [0, 0.1) is 5.82 Å². The van der Waals surface area contributed by atoms with Gasteiger partial charge in [-0.2, -0.15) is 0 Å². The number of rotatable bonds is 1. The van der Waals surface area contributed by atoms with Gasteiger partial charge in [-0.25, -0.2) is 17.8 Å². The zero-order valence-electron chi connectivity index (χ0n) is 10.2. The average molecular weight is 363 g/mol. The molecule has 108 valence electrons. The summed E-state index contributed by atoms with van der Waals surface area (Å²) in [6.45, 7) is 0.675. The smallest absolute Gasteiger partial charge is 0.241 e. The molecule has 3 N–H and O–H groups in total. The molecule has 1 saturated heterocycles. The summed E-state index contributed by atoms with van der Waals surface area (Å²) in [4.78, 5) is 4.47. The predicted molar refractivity (Wildman–Crippen MR) is 76.3 cm³/mol. The second-order valence-electron chi connectivity index (χ2n) is 4.75. The van der Waals surface area contributed by atoms with Crippen molar-refractivity contribution in [1.29, 1.82) is 0 Å². The minimum absolute atomic E-state index is 0.120. The molecule has 1 aromatic rings. The Bertz CT molecular complexity index is 664. The first-order valence-electron chi connectivity index (χ1n) is 5.93. The van der Waals surface area contributed by atoms with Gasteiger partial charge in [-0.05, 0) is 17.7 Å². The molecule has 0 amide bonds. The third-order valence-corrected chi connectivity index (χ3v) is 5.77. The molecule has 2 atom stereocenters. The molecule has 6 nitrogen and oxygen atoms in total. The molecule has 1 fully saturated rings. The maximum absolute atomic E-state index is 13.1. The molecule has 0 bridgehead atoms. The molecule has 9 heteroatoms. The summed E-state index contributed by atoms with van der Waals surface area (Å²) in [7, 11) is -3.57. The second kappa shape index (κ2) is 4.68. The maximum atomic E-state index is 13.1. The van der Waals surface area contributed by atoms with E-state index in [0.29, 0.717) is 18.7 Å². The molecule has 1 aromatic carbocycles. The normalized spacial score (nSPS) is 31.1. The number of halogens is 2. The number of hydrogen-bond acceptors (Lipinski definition) is 5. The Balaban J connectivity index is 2.19. The number of guanidine groups is 1. The number of sulfonamides is 1. The van der Waals surface area contributed by atoms with Crippen LogP contribution in [0.3, 0.4) is 0 Å². The van der Waals surface area contributed by atoms with E-state index in [0.717, 1.165) is 0 Å². The number of nitrogens with one attached hydrogen (secondary N) is 3. The van der Waals surface area contributed by atoms with Crippen molar-refractivity contribution in [2.75, 3.05) is 13.1 Å². The van der Waals surface area contributed by atoms with Crippen molar-refractivity contribution in [2.24, 2.45) is 4.99 Å². The molecular formula is C11H12BrFN4O2S. The van der Waals surface area contributed by atoms with Gasteiger partial charge in [0.15, 0.2) is 0 Å². The van der Waals surface area contributed by atoms with Crippen LogP contribution in [0.5, 0.6) is 0 Å². The summed E-state index contributed by atoms with van der Waals surface area (Å²) >= 11 is 2.98. The zero-order chi connectivity index (χ0) is 14.4. The Labute approximate surface area is 124 Å². The predicted octanol–water partition coefficient (Wildman–Crippen LogP) is 0.181. The van der Waals surface area contributed by atoms with E-state index in [1.807, 2.05) is 0 Å². The van der Waals surface area contributed by atoms with E-state index in [4.69, 9.17) is 0 Å². The summed E-state index contributed by atoms with van der Waals surface area (Å²) in [5.74, 6) is -0.249. The molecule has 2 unspecified atom stereocenters. The third kappa shape index (κ3) is 2.00. The number of benzene rings is 1. The van der Waals surface area contributed by atoms with Crippen LogP contribution in [0.25, 0.3) is 0 Å². The topological polar surface area (TPSA) is 82.6 Å². The minimum Gasteiger partial charge on any atom is -0.312 e.